The van der Waals surface area contributed by atoms with Gasteiger partial charge in [0.2, 0.25) is 5.91 Å². The Balaban J connectivity index is 1.54. The molecular formula is C22H29N3O3S. The lowest BCUT2D eigenvalue weighted by Gasteiger charge is -2.42. The summed E-state index contributed by atoms with van der Waals surface area (Å²) in [6, 6.07) is 9.70. The molecule has 2 aliphatic heterocycles. The third-order valence-corrected chi connectivity index (χ3v) is 7.02. The minimum absolute atomic E-state index is 0.0541. The molecule has 7 heteroatoms. The van der Waals surface area contributed by atoms with Crippen LogP contribution >= 0.6 is 11.8 Å². The maximum atomic E-state index is 13.5. The van der Waals surface area contributed by atoms with Crippen molar-refractivity contribution in [1.29, 1.82) is 0 Å². The van der Waals surface area contributed by atoms with Crippen LogP contribution in [0.15, 0.2) is 30.3 Å². The Labute approximate surface area is 176 Å². The predicted molar refractivity (Wildman–Crippen MR) is 113 cm³/mol. The van der Waals surface area contributed by atoms with Gasteiger partial charge in [-0.2, -0.15) is 11.8 Å². The van der Waals surface area contributed by atoms with E-state index >= 15 is 0 Å². The molecule has 156 valence electrons. The van der Waals surface area contributed by atoms with Gasteiger partial charge in [-0.1, -0.05) is 30.3 Å². The summed E-state index contributed by atoms with van der Waals surface area (Å²) in [7, 11) is 0. The number of carbonyl (C=O) groups is 3. The molecule has 1 aromatic rings. The molecule has 0 bridgehead atoms. The predicted octanol–water partition coefficient (Wildman–Crippen LogP) is 2.98. The van der Waals surface area contributed by atoms with Crippen LogP contribution in [0.3, 0.4) is 0 Å². The van der Waals surface area contributed by atoms with E-state index in [4.69, 9.17) is 0 Å². The summed E-state index contributed by atoms with van der Waals surface area (Å²) in [6.07, 6.45) is 5.77. The van der Waals surface area contributed by atoms with Crippen LogP contribution in [0.25, 0.3) is 0 Å². The molecule has 1 aliphatic carbocycles. The first kappa shape index (κ1) is 20.3. The summed E-state index contributed by atoms with van der Waals surface area (Å²) in [6.45, 7) is 2.05. The van der Waals surface area contributed by atoms with Gasteiger partial charge < -0.3 is 9.80 Å². The van der Waals surface area contributed by atoms with Crippen molar-refractivity contribution < 1.29 is 14.4 Å². The molecule has 0 aromatic heterocycles. The number of likely N-dealkylation sites (tertiary alicyclic amines) is 1. The molecule has 0 atom stereocenters. The highest BCUT2D eigenvalue weighted by atomic mass is 32.2. The molecule has 4 amide bonds. The zero-order chi connectivity index (χ0) is 20.4. The summed E-state index contributed by atoms with van der Waals surface area (Å²) in [5.74, 6) is 1.37. The second kappa shape index (κ2) is 8.38. The highest BCUT2D eigenvalue weighted by Crippen LogP contribution is 2.41. The Morgan fingerprint density at radius 2 is 1.83 bits per heavy atom. The van der Waals surface area contributed by atoms with Gasteiger partial charge in [-0.3, -0.25) is 14.5 Å². The quantitative estimate of drug-likeness (QED) is 0.643. The van der Waals surface area contributed by atoms with E-state index in [1.807, 2.05) is 41.5 Å². The number of urea groups is 1. The zero-order valence-electron chi connectivity index (χ0n) is 17.0. The zero-order valence-corrected chi connectivity index (χ0v) is 17.8. The number of rotatable bonds is 7. The van der Waals surface area contributed by atoms with Gasteiger partial charge in [0.1, 0.15) is 5.54 Å². The fourth-order valence-electron chi connectivity index (χ4n) is 4.44. The first-order chi connectivity index (χ1) is 14.0. The SMILES string of the molecule is CSCCC(=O)N1CCC2(CC1)C(=O)N(CC1CC1)C(=O)N2Cc1ccccc1. The molecule has 6 nitrogen and oxygen atoms in total. The van der Waals surface area contributed by atoms with E-state index in [1.54, 1.807) is 16.7 Å². The Morgan fingerprint density at radius 1 is 1.14 bits per heavy atom. The summed E-state index contributed by atoms with van der Waals surface area (Å²) < 4.78 is 0. The maximum absolute atomic E-state index is 13.5. The van der Waals surface area contributed by atoms with E-state index in [0.29, 0.717) is 51.4 Å². The van der Waals surface area contributed by atoms with Crippen LogP contribution in [0.1, 0.15) is 37.7 Å². The van der Waals surface area contributed by atoms with Crippen molar-refractivity contribution in [3.8, 4) is 0 Å². The van der Waals surface area contributed by atoms with E-state index in [-0.39, 0.29) is 17.8 Å². The number of thioether (sulfide) groups is 1. The molecule has 2 saturated heterocycles. The van der Waals surface area contributed by atoms with E-state index in [9.17, 15) is 14.4 Å². The molecule has 4 rings (SSSR count). The first-order valence-electron chi connectivity index (χ1n) is 10.5. The molecule has 0 N–H and O–H groups in total. The fraction of sp³-hybridized carbons (Fsp3) is 0.591. The topological polar surface area (TPSA) is 60.9 Å². The number of imide groups is 1. The second-order valence-corrected chi connectivity index (χ2v) is 9.35. The number of amides is 4. The third kappa shape index (κ3) is 4.02. The molecule has 29 heavy (non-hydrogen) atoms. The van der Waals surface area contributed by atoms with Crippen LogP contribution < -0.4 is 0 Å². The van der Waals surface area contributed by atoms with Crippen LogP contribution in [-0.4, -0.2) is 69.7 Å². The molecule has 1 spiro atoms. The van der Waals surface area contributed by atoms with Gasteiger partial charge in [-0.25, -0.2) is 4.79 Å². The van der Waals surface area contributed by atoms with Crippen molar-refractivity contribution >= 4 is 29.6 Å². The van der Waals surface area contributed by atoms with Crippen LogP contribution in [0, 0.1) is 5.92 Å². The van der Waals surface area contributed by atoms with Crippen molar-refractivity contribution in [3.05, 3.63) is 35.9 Å². The average molecular weight is 416 g/mol. The maximum Gasteiger partial charge on any atom is 0.327 e. The van der Waals surface area contributed by atoms with Gasteiger partial charge in [-0.05, 0) is 43.4 Å². The lowest BCUT2D eigenvalue weighted by Crippen LogP contribution is -2.57. The standard InChI is InChI=1S/C22H29N3O3S/c1-29-14-9-19(26)23-12-10-22(11-13-23)20(27)24(15-18-7-8-18)21(28)25(22)16-17-5-3-2-4-6-17/h2-6,18H,7-16H2,1H3. The second-order valence-electron chi connectivity index (χ2n) is 8.37. The molecule has 3 aliphatic rings. The molecule has 2 heterocycles. The van der Waals surface area contributed by atoms with E-state index < -0.39 is 5.54 Å². The van der Waals surface area contributed by atoms with E-state index in [2.05, 4.69) is 0 Å². The molecule has 3 fully saturated rings. The number of benzene rings is 1. The number of hydrogen-bond donors (Lipinski definition) is 0. The fourth-order valence-corrected chi connectivity index (χ4v) is 4.82. The highest BCUT2D eigenvalue weighted by Gasteiger charge is 2.58. The molecule has 1 aromatic carbocycles. The lowest BCUT2D eigenvalue weighted by molar-refractivity contribution is -0.141. The van der Waals surface area contributed by atoms with Crippen molar-refractivity contribution in [2.75, 3.05) is 31.6 Å². The van der Waals surface area contributed by atoms with Crippen LogP contribution in [0.2, 0.25) is 0 Å². The Bertz CT molecular complexity index is 773. The van der Waals surface area contributed by atoms with Crippen molar-refractivity contribution in [2.24, 2.45) is 5.92 Å². The lowest BCUT2D eigenvalue weighted by atomic mass is 9.85. The minimum atomic E-state index is -0.807. The van der Waals surface area contributed by atoms with Crippen LogP contribution in [0.5, 0.6) is 0 Å². The van der Waals surface area contributed by atoms with E-state index in [1.165, 1.54) is 4.90 Å². The summed E-state index contributed by atoms with van der Waals surface area (Å²) in [5.41, 5.74) is 0.220. The number of hydrogen-bond acceptors (Lipinski definition) is 4. The minimum Gasteiger partial charge on any atom is -0.342 e. The Morgan fingerprint density at radius 3 is 2.45 bits per heavy atom. The van der Waals surface area contributed by atoms with Crippen LogP contribution in [0.4, 0.5) is 4.79 Å². The summed E-state index contributed by atoms with van der Waals surface area (Å²) in [4.78, 5) is 44.3. The van der Waals surface area contributed by atoms with Crippen molar-refractivity contribution in [1.82, 2.24) is 14.7 Å². The van der Waals surface area contributed by atoms with E-state index in [0.717, 1.165) is 24.2 Å². The third-order valence-electron chi connectivity index (χ3n) is 6.41. The first-order valence-corrected chi connectivity index (χ1v) is 11.9. The molecular weight excluding hydrogens is 386 g/mol. The Hall–Kier alpha value is -2.02. The average Bonchev–Trinajstić information content (AvgIpc) is 3.55. The number of piperidine rings is 1. The van der Waals surface area contributed by atoms with Gasteiger partial charge in [-0.15, -0.1) is 0 Å². The summed E-state index contributed by atoms with van der Waals surface area (Å²) in [5, 5.41) is 0. The number of nitrogens with zero attached hydrogens (tertiary/aromatic N) is 3. The van der Waals surface area contributed by atoms with Gasteiger partial charge in [0, 0.05) is 38.4 Å². The van der Waals surface area contributed by atoms with Gasteiger partial charge in [0.15, 0.2) is 0 Å². The largest absolute Gasteiger partial charge is 0.342 e. The van der Waals surface area contributed by atoms with Crippen LogP contribution in [-0.2, 0) is 16.1 Å². The normalized spacial score (nSPS) is 21.3. The Kier molecular flexibility index (Phi) is 5.86. The van der Waals surface area contributed by atoms with Crippen molar-refractivity contribution in [3.63, 3.8) is 0 Å². The van der Waals surface area contributed by atoms with Gasteiger partial charge in [0.25, 0.3) is 5.91 Å². The summed E-state index contributed by atoms with van der Waals surface area (Å²) >= 11 is 1.67. The van der Waals surface area contributed by atoms with Gasteiger partial charge in [0.05, 0.1) is 0 Å². The molecule has 0 radical (unpaired) electrons. The molecule has 0 unspecified atom stereocenters. The van der Waals surface area contributed by atoms with Crippen molar-refractivity contribution in [2.45, 2.75) is 44.2 Å². The smallest absolute Gasteiger partial charge is 0.327 e. The molecule has 1 saturated carbocycles. The highest BCUT2D eigenvalue weighted by molar-refractivity contribution is 7.98. The number of carbonyl (C=O) groups excluding carboxylic acids is 3. The van der Waals surface area contributed by atoms with Gasteiger partial charge >= 0.3 is 6.03 Å². The monoisotopic (exact) mass is 415 g/mol.